The van der Waals surface area contributed by atoms with Gasteiger partial charge in [0.1, 0.15) is 0 Å². The summed E-state index contributed by atoms with van der Waals surface area (Å²) in [6.45, 7) is 15.8. The summed E-state index contributed by atoms with van der Waals surface area (Å²) in [5.41, 5.74) is -0.0301. The zero-order valence-corrected chi connectivity index (χ0v) is 14.3. The van der Waals surface area contributed by atoms with Crippen LogP contribution in [0, 0.1) is 5.41 Å². The Labute approximate surface area is 129 Å². The van der Waals surface area contributed by atoms with E-state index in [0.29, 0.717) is 6.54 Å². The van der Waals surface area contributed by atoms with E-state index < -0.39 is 11.7 Å². The van der Waals surface area contributed by atoms with Gasteiger partial charge >= 0.3 is 0 Å². The molecule has 4 nitrogen and oxygen atoms in total. The smallest absolute Gasteiger partial charge is 0.255 e. The highest BCUT2D eigenvalue weighted by Crippen LogP contribution is 2.21. The fourth-order valence-corrected chi connectivity index (χ4v) is 1.75. The van der Waals surface area contributed by atoms with Crippen LogP contribution in [-0.2, 0) is 4.79 Å². The van der Waals surface area contributed by atoms with E-state index in [1.807, 2.05) is 13.8 Å². The van der Waals surface area contributed by atoms with E-state index in [4.69, 9.17) is 0 Å². The quantitative estimate of drug-likeness (QED) is 0.370. The minimum atomic E-state index is -0.455. The predicted octanol–water partition coefficient (Wildman–Crippen LogP) is 4.42. The number of nitrogens with one attached hydrogen (secondary N) is 1. The van der Waals surface area contributed by atoms with Crippen molar-refractivity contribution in [3.05, 3.63) is 35.8 Å². The molecule has 0 bridgehead atoms. The van der Waals surface area contributed by atoms with Gasteiger partial charge in [-0.1, -0.05) is 53.7 Å². The fourth-order valence-electron chi connectivity index (χ4n) is 1.75. The first kappa shape index (κ1) is 21.6. The molecule has 0 aliphatic carbocycles. The standard InChI is InChI=1S/C15H25NO3.C2H6/c1-6-9-15(4,5)10-16-14(19)11(7-2)13(18)12(17)8-3;1-2/h7-8,17-18H,2,6,9-10H2,1,3-5H3,(H,16,19);1-2H3/b12-8+,13-11-;. The van der Waals surface area contributed by atoms with Crippen molar-refractivity contribution in [2.45, 2.75) is 54.4 Å². The number of allylic oxidation sites excluding steroid dienone is 1. The van der Waals surface area contributed by atoms with E-state index >= 15 is 0 Å². The second-order valence-electron chi connectivity index (χ2n) is 5.24. The maximum atomic E-state index is 11.9. The van der Waals surface area contributed by atoms with Gasteiger partial charge in [0.05, 0.1) is 5.57 Å². The van der Waals surface area contributed by atoms with Gasteiger partial charge < -0.3 is 15.5 Å². The predicted molar refractivity (Wildman–Crippen MR) is 89.3 cm³/mol. The molecule has 0 aliphatic heterocycles. The highest BCUT2D eigenvalue weighted by molar-refractivity contribution is 5.97. The summed E-state index contributed by atoms with van der Waals surface area (Å²) in [5.74, 6) is -1.23. The van der Waals surface area contributed by atoms with Crippen molar-refractivity contribution in [1.29, 1.82) is 0 Å². The first-order valence-electron chi connectivity index (χ1n) is 7.48. The highest BCUT2D eigenvalue weighted by Gasteiger charge is 2.20. The molecular weight excluding hydrogens is 266 g/mol. The average Bonchev–Trinajstić information content (AvgIpc) is 2.47. The number of aliphatic hydroxyl groups excluding tert-OH is 2. The maximum absolute atomic E-state index is 11.9. The molecule has 0 fully saturated rings. The number of carbonyl (C=O) groups is 1. The Morgan fingerprint density at radius 1 is 1.29 bits per heavy atom. The lowest BCUT2D eigenvalue weighted by Crippen LogP contribution is -2.35. The third-order valence-corrected chi connectivity index (χ3v) is 2.87. The second kappa shape index (κ2) is 11.0. The van der Waals surface area contributed by atoms with Gasteiger partial charge in [0.25, 0.3) is 5.91 Å². The monoisotopic (exact) mass is 297 g/mol. The van der Waals surface area contributed by atoms with Gasteiger partial charge in [0, 0.05) is 6.54 Å². The van der Waals surface area contributed by atoms with Crippen LogP contribution < -0.4 is 5.32 Å². The van der Waals surface area contributed by atoms with E-state index in [0.717, 1.165) is 12.8 Å². The lowest BCUT2D eigenvalue weighted by atomic mass is 9.88. The molecule has 0 saturated carbocycles. The summed E-state index contributed by atoms with van der Waals surface area (Å²) >= 11 is 0. The third-order valence-electron chi connectivity index (χ3n) is 2.87. The molecule has 0 heterocycles. The first-order valence-corrected chi connectivity index (χ1v) is 7.48. The summed E-state index contributed by atoms with van der Waals surface area (Å²) in [7, 11) is 0. The maximum Gasteiger partial charge on any atom is 0.255 e. The van der Waals surface area contributed by atoms with Crippen LogP contribution in [0.2, 0.25) is 0 Å². The van der Waals surface area contributed by atoms with Crippen molar-refractivity contribution in [1.82, 2.24) is 5.32 Å². The molecule has 0 atom stereocenters. The number of aliphatic hydroxyl groups is 2. The highest BCUT2D eigenvalue weighted by atomic mass is 16.3. The summed E-state index contributed by atoms with van der Waals surface area (Å²) in [5, 5.41) is 21.9. The topological polar surface area (TPSA) is 69.6 Å². The van der Waals surface area contributed by atoms with Crippen molar-refractivity contribution in [3.8, 4) is 0 Å². The molecule has 1 amide bonds. The molecule has 21 heavy (non-hydrogen) atoms. The van der Waals surface area contributed by atoms with Crippen LogP contribution in [0.15, 0.2) is 35.8 Å². The Kier molecular flexibility index (Phi) is 11.3. The minimum absolute atomic E-state index is 0.00501. The number of amides is 1. The first-order chi connectivity index (χ1) is 9.79. The van der Waals surface area contributed by atoms with Gasteiger partial charge in [0.2, 0.25) is 0 Å². The van der Waals surface area contributed by atoms with Crippen LogP contribution in [0.25, 0.3) is 0 Å². The molecule has 0 aromatic rings. The lowest BCUT2D eigenvalue weighted by Gasteiger charge is -2.24. The van der Waals surface area contributed by atoms with Crippen molar-refractivity contribution < 1.29 is 15.0 Å². The number of hydrogen-bond donors (Lipinski definition) is 3. The zero-order chi connectivity index (χ0) is 17.1. The fraction of sp³-hybridized carbons (Fsp3) is 0.588. The molecule has 0 rings (SSSR count). The lowest BCUT2D eigenvalue weighted by molar-refractivity contribution is -0.117. The molecule has 3 N–H and O–H groups in total. The second-order valence-corrected chi connectivity index (χ2v) is 5.24. The van der Waals surface area contributed by atoms with E-state index in [2.05, 4.69) is 32.7 Å². The van der Waals surface area contributed by atoms with Gasteiger partial charge in [-0.15, -0.1) is 0 Å². The molecule has 0 unspecified atom stereocenters. The van der Waals surface area contributed by atoms with Gasteiger partial charge in [-0.05, 0) is 24.8 Å². The van der Waals surface area contributed by atoms with E-state index in [1.165, 1.54) is 12.2 Å². The summed E-state index contributed by atoms with van der Waals surface area (Å²) in [6, 6.07) is 0. The molecule has 0 radical (unpaired) electrons. The van der Waals surface area contributed by atoms with Crippen LogP contribution >= 0.6 is 0 Å². The molecule has 0 aromatic heterocycles. The molecule has 4 heteroatoms. The van der Waals surface area contributed by atoms with Crippen LogP contribution in [0.1, 0.15) is 54.4 Å². The van der Waals surface area contributed by atoms with Crippen LogP contribution in [0.3, 0.4) is 0 Å². The largest absolute Gasteiger partial charge is 0.504 e. The van der Waals surface area contributed by atoms with Crippen LogP contribution in [-0.4, -0.2) is 22.7 Å². The van der Waals surface area contributed by atoms with Gasteiger partial charge in [-0.25, -0.2) is 0 Å². The van der Waals surface area contributed by atoms with Crippen LogP contribution in [0.4, 0.5) is 0 Å². The zero-order valence-electron chi connectivity index (χ0n) is 14.3. The summed E-state index contributed by atoms with van der Waals surface area (Å²) < 4.78 is 0. The van der Waals surface area contributed by atoms with E-state index in [9.17, 15) is 15.0 Å². The molecule has 0 spiro atoms. The molecule has 0 aromatic carbocycles. The van der Waals surface area contributed by atoms with Crippen molar-refractivity contribution in [2.75, 3.05) is 6.54 Å². The summed E-state index contributed by atoms with van der Waals surface area (Å²) in [6.07, 6.45) is 4.58. The third kappa shape index (κ3) is 8.23. The van der Waals surface area contributed by atoms with Gasteiger partial charge in [-0.3, -0.25) is 4.79 Å². The van der Waals surface area contributed by atoms with Gasteiger partial charge in [-0.2, -0.15) is 0 Å². The Balaban J connectivity index is 0. The molecular formula is C17H31NO3. The molecule has 0 saturated heterocycles. The minimum Gasteiger partial charge on any atom is -0.504 e. The average molecular weight is 297 g/mol. The molecule has 122 valence electrons. The number of hydrogen-bond acceptors (Lipinski definition) is 3. The van der Waals surface area contributed by atoms with Gasteiger partial charge in [0.15, 0.2) is 11.5 Å². The Bertz CT molecular complexity index is 393. The Morgan fingerprint density at radius 3 is 2.19 bits per heavy atom. The van der Waals surface area contributed by atoms with Crippen molar-refractivity contribution >= 4 is 5.91 Å². The number of rotatable bonds is 7. The summed E-state index contributed by atoms with van der Waals surface area (Å²) in [4.78, 5) is 11.9. The number of carbonyl (C=O) groups excluding carboxylic acids is 1. The SMILES string of the molecule is C=C/C(C(=O)NCC(C)(C)CCC)=C(O)\C(O)=C/C.CC. The van der Waals surface area contributed by atoms with Crippen LogP contribution in [0.5, 0.6) is 0 Å². The Hall–Kier alpha value is -1.71. The van der Waals surface area contributed by atoms with E-state index in [-0.39, 0.29) is 16.7 Å². The van der Waals surface area contributed by atoms with E-state index in [1.54, 1.807) is 6.92 Å². The van der Waals surface area contributed by atoms with Crippen molar-refractivity contribution in [3.63, 3.8) is 0 Å². The van der Waals surface area contributed by atoms with Crippen molar-refractivity contribution in [2.24, 2.45) is 5.41 Å². The Morgan fingerprint density at radius 2 is 1.81 bits per heavy atom. The normalized spacial score (nSPS) is 12.8. The molecule has 0 aliphatic rings.